The molecule has 0 spiro atoms. The molecule has 1 saturated carbocycles. The second-order valence-corrected chi connectivity index (χ2v) is 11.8. The van der Waals surface area contributed by atoms with Crippen molar-refractivity contribution in [1.82, 2.24) is 24.9 Å². The van der Waals surface area contributed by atoms with Gasteiger partial charge in [-0.3, -0.25) is 23.6 Å². The Morgan fingerprint density at radius 1 is 1.18 bits per heavy atom. The molecule has 0 radical (unpaired) electrons. The number of likely N-dealkylation sites (tertiary alicyclic amines) is 1. The maximum Gasteiger partial charge on any atom is 0.471 e. The summed E-state index contributed by atoms with van der Waals surface area (Å²) in [5.41, 5.74) is -3.22. The molecule has 2 aromatic heterocycles. The van der Waals surface area contributed by atoms with Gasteiger partial charge >= 0.3 is 12.1 Å². The molecule has 214 valence electrons. The van der Waals surface area contributed by atoms with Crippen molar-refractivity contribution in [2.24, 2.45) is 22.7 Å². The zero-order valence-electron chi connectivity index (χ0n) is 22.3. The number of hydrogen-bond donors (Lipinski definition) is 2. The van der Waals surface area contributed by atoms with E-state index in [-0.39, 0.29) is 18.1 Å². The number of fused-ring (bicyclic) bond motifs is 2. The Morgan fingerprint density at radius 3 is 2.40 bits per heavy atom. The lowest BCUT2D eigenvalue weighted by Gasteiger charge is -2.37. The highest BCUT2D eigenvalue weighted by molar-refractivity contribution is 5.95. The van der Waals surface area contributed by atoms with Crippen LogP contribution in [0.4, 0.5) is 17.6 Å². The quantitative estimate of drug-likeness (QED) is 0.534. The van der Waals surface area contributed by atoms with Gasteiger partial charge in [-0.15, -0.1) is 0 Å². The van der Waals surface area contributed by atoms with Crippen LogP contribution in [0.3, 0.4) is 0 Å². The first-order chi connectivity index (χ1) is 18.4. The molecule has 1 saturated heterocycles. The molecule has 0 aromatic carbocycles. The first kappa shape index (κ1) is 29.0. The van der Waals surface area contributed by atoms with Crippen molar-refractivity contribution < 1.29 is 31.9 Å². The molecule has 40 heavy (non-hydrogen) atoms. The number of piperidine rings is 1. The number of nitrogens with one attached hydrogen (secondary N) is 2. The maximum atomic E-state index is 15.0. The highest BCUT2D eigenvalue weighted by atomic mass is 19.4. The van der Waals surface area contributed by atoms with Gasteiger partial charge in [-0.05, 0) is 34.8 Å². The molecule has 2 N–H and O–H groups in total. The normalized spacial score (nSPS) is 23.1. The number of hydrogen-bond acceptors (Lipinski definition) is 6. The lowest BCUT2D eigenvalue weighted by Crippen LogP contribution is -2.60. The first-order valence-electron chi connectivity index (χ1n) is 12.5. The molecule has 2 unspecified atom stereocenters. The van der Waals surface area contributed by atoms with Gasteiger partial charge in [0.15, 0.2) is 6.04 Å². The van der Waals surface area contributed by atoms with Gasteiger partial charge in [-0.25, -0.2) is 4.98 Å². The molecule has 14 heteroatoms. The third kappa shape index (κ3) is 4.89. The van der Waals surface area contributed by atoms with Crippen LogP contribution in [0.2, 0.25) is 0 Å². The highest BCUT2D eigenvalue weighted by Gasteiger charge is 2.70. The van der Waals surface area contributed by atoms with Crippen molar-refractivity contribution in [3.8, 4) is 6.07 Å². The van der Waals surface area contributed by atoms with E-state index in [2.05, 4.69) is 10.3 Å². The van der Waals surface area contributed by atoms with Crippen LogP contribution in [0.5, 0.6) is 0 Å². The SMILES string of the molecule is CC(C)(C)C(NC(=O)C(F)(F)F)C(=O)N1C[C@H]2[C@@H]([C@H]1C(=O)NC(C#N)c1nc3ccccn3c(=O)c1F)C2(C)C. The minimum absolute atomic E-state index is 0.0320. The van der Waals surface area contributed by atoms with E-state index in [9.17, 15) is 42.0 Å². The molecular weight excluding hydrogens is 536 g/mol. The number of amides is 3. The summed E-state index contributed by atoms with van der Waals surface area (Å²) in [7, 11) is 0. The van der Waals surface area contributed by atoms with Gasteiger partial charge in [-0.1, -0.05) is 40.7 Å². The van der Waals surface area contributed by atoms with E-state index in [1.807, 2.05) is 13.8 Å². The van der Waals surface area contributed by atoms with E-state index in [1.165, 1.54) is 39.1 Å². The van der Waals surface area contributed by atoms with E-state index in [0.717, 1.165) is 9.30 Å². The Labute approximate surface area is 226 Å². The van der Waals surface area contributed by atoms with Crippen LogP contribution in [-0.2, 0) is 14.4 Å². The number of alkyl halides is 3. The fraction of sp³-hybridized carbons (Fsp3) is 0.538. The Kier molecular flexibility index (Phi) is 6.93. The fourth-order valence-corrected chi connectivity index (χ4v) is 5.51. The van der Waals surface area contributed by atoms with Gasteiger partial charge in [-0.2, -0.15) is 22.8 Å². The average Bonchev–Trinajstić information content (AvgIpc) is 3.19. The molecule has 0 bridgehead atoms. The van der Waals surface area contributed by atoms with Gasteiger partial charge in [0.1, 0.15) is 23.4 Å². The molecule has 2 fully saturated rings. The third-order valence-electron chi connectivity index (χ3n) is 7.80. The largest absolute Gasteiger partial charge is 0.471 e. The van der Waals surface area contributed by atoms with Crippen LogP contribution in [-0.4, -0.2) is 56.8 Å². The number of carbonyl (C=O) groups is 3. The minimum atomic E-state index is -5.23. The summed E-state index contributed by atoms with van der Waals surface area (Å²) in [6.07, 6.45) is -3.94. The molecule has 10 nitrogen and oxygen atoms in total. The monoisotopic (exact) mass is 564 g/mol. The second kappa shape index (κ2) is 9.57. The predicted octanol–water partition coefficient (Wildman–Crippen LogP) is 2.09. The molecule has 1 aliphatic carbocycles. The van der Waals surface area contributed by atoms with Crippen LogP contribution < -0.4 is 16.2 Å². The Bertz CT molecular complexity index is 1490. The lowest BCUT2D eigenvalue weighted by molar-refractivity contribution is -0.176. The summed E-state index contributed by atoms with van der Waals surface area (Å²) in [6.45, 7) is 8.18. The van der Waals surface area contributed by atoms with Gasteiger partial charge < -0.3 is 15.5 Å². The summed E-state index contributed by atoms with van der Waals surface area (Å²) in [6, 6.07) is 1.62. The van der Waals surface area contributed by atoms with Gasteiger partial charge in [0.05, 0.1) is 6.07 Å². The van der Waals surface area contributed by atoms with E-state index in [0.29, 0.717) is 0 Å². The molecule has 3 heterocycles. The van der Waals surface area contributed by atoms with Crippen molar-refractivity contribution in [2.45, 2.75) is 58.9 Å². The van der Waals surface area contributed by atoms with E-state index in [4.69, 9.17) is 0 Å². The van der Waals surface area contributed by atoms with Crippen LogP contribution in [0, 0.1) is 39.8 Å². The number of nitrogens with zero attached hydrogens (tertiary/aromatic N) is 4. The number of rotatable bonds is 5. The minimum Gasteiger partial charge on any atom is -0.336 e. The molecular formula is C26H28F4N6O4. The Hall–Kier alpha value is -4.02. The summed E-state index contributed by atoms with van der Waals surface area (Å²) in [4.78, 5) is 56.5. The van der Waals surface area contributed by atoms with E-state index in [1.54, 1.807) is 17.5 Å². The summed E-state index contributed by atoms with van der Waals surface area (Å²) >= 11 is 0. The van der Waals surface area contributed by atoms with Crippen molar-refractivity contribution in [1.29, 1.82) is 5.26 Å². The Balaban J connectivity index is 1.66. The van der Waals surface area contributed by atoms with Gasteiger partial charge in [0, 0.05) is 12.7 Å². The molecule has 1 aliphatic heterocycles. The van der Waals surface area contributed by atoms with Crippen molar-refractivity contribution >= 4 is 23.4 Å². The molecule has 2 aliphatic rings. The van der Waals surface area contributed by atoms with E-state index < -0.39 is 75.8 Å². The summed E-state index contributed by atoms with van der Waals surface area (Å²) in [5, 5.41) is 13.9. The number of pyridine rings is 1. The standard InChI is InChI=1S/C26H28F4N6O4/c1-24(2,3)19(34-23(40)26(28,29)30)22(39)36-11-12-15(25(12,4)5)18(36)20(37)32-13(10-31)17-16(27)21(38)35-9-7-6-8-14(35)33-17/h6-9,12-13,15,18-19H,11H2,1-5H3,(H,32,37)(H,34,40)/t12-,13?,15-,18-,19?/m0/s1. The van der Waals surface area contributed by atoms with Crippen molar-refractivity contribution in [2.75, 3.05) is 6.54 Å². The number of nitriles is 1. The number of carbonyl (C=O) groups excluding carboxylic acids is 3. The summed E-state index contributed by atoms with van der Waals surface area (Å²) < 4.78 is 55.0. The molecule has 2 aromatic rings. The van der Waals surface area contributed by atoms with Gasteiger partial charge in [0.2, 0.25) is 17.6 Å². The lowest BCUT2D eigenvalue weighted by atomic mass is 9.85. The zero-order valence-corrected chi connectivity index (χ0v) is 22.3. The third-order valence-corrected chi connectivity index (χ3v) is 7.80. The van der Waals surface area contributed by atoms with Crippen LogP contribution in [0.15, 0.2) is 29.2 Å². The first-order valence-corrected chi connectivity index (χ1v) is 12.5. The van der Waals surface area contributed by atoms with Crippen molar-refractivity contribution in [3.63, 3.8) is 0 Å². The second-order valence-electron chi connectivity index (χ2n) is 11.8. The van der Waals surface area contributed by atoms with Crippen LogP contribution >= 0.6 is 0 Å². The molecule has 4 rings (SSSR count). The van der Waals surface area contributed by atoms with Crippen LogP contribution in [0.1, 0.15) is 46.4 Å². The average molecular weight is 565 g/mol. The number of aromatic nitrogens is 2. The maximum absolute atomic E-state index is 15.0. The topological polar surface area (TPSA) is 137 Å². The van der Waals surface area contributed by atoms with Gasteiger partial charge in [0.25, 0.3) is 5.56 Å². The smallest absolute Gasteiger partial charge is 0.336 e. The highest BCUT2D eigenvalue weighted by Crippen LogP contribution is 2.65. The number of halogens is 4. The molecule has 5 atom stereocenters. The predicted molar refractivity (Wildman–Crippen MR) is 132 cm³/mol. The van der Waals surface area contributed by atoms with E-state index >= 15 is 0 Å². The zero-order chi connectivity index (χ0) is 29.9. The fourth-order valence-electron chi connectivity index (χ4n) is 5.51. The van der Waals surface area contributed by atoms with Crippen LogP contribution in [0.25, 0.3) is 5.65 Å². The summed E-state index contributed by atoms with van der Waals surface area (Å²) in [5.74, 6) is -5.97. The molecule has 3 amide bonds. The van der Waals surface area contributed by atoms with Crippen molar-refractivity contribution in [3.05, 3.63) is 46.3 Å². The Morgan fingerprint density at radius 2 is 1.82 bits per heavy atom.